The van der Waals surface area contributed by atoms with Gasteiger partial charge in [0.05, 0.1) is 38.9 Å². The Morgan fingerprint density at radius 1 is 1.25 bits per heavy atom. The maximum Gasteiger partial charge on any atom is 0.126 e. The van der Waals surface area contributed by atoms with Crippen molar-refractivity contribution >= 4 is 17.3 Å². The summed E-state index contributed by atoms with van der Waals surface area (Å²) < 4.78 is 6.25. The molecule has 1 saturated carbocycles. The molecule has 0 aromatic heterocycles. The predicted molar refractivity (Wildman–Crippen MR) is 116 cm³/mol. The van der Waals surface area contributed by atoms with E-state index in [4.69, 9.17) is 16.3 Å². The van der Waals surface area contributed by atoms with Gasteiger partial charge in [-0.05, 0) is 48.8 Å². The Bertz CT molecular complexity index is 604. The van der Waals surface area contributed by atoms with E-state index in [1.165, 1.54) is 23.4 Å². The number of piperazine rings is 1. The third-order valence-electron chi connectivity index (χ3n) is 6.63. The number of benzene rings is 1. The number of anilines is 1. The zero-order chi connectivity index (χ0) is 20.1. The minimum absolute atomic E-state index is 0.313. The number of quaternary nitrogens is 1. The van der Waals surface area contributed by atoms with Crippen molar-refractivity contribution in [2.75, 3.05) is 44.2 Å². The minimum atomic E-state index is -0.377. The summed E-state index contributed by atoms with van der Waals surface area (Å²) >= 11 is 6.12. The molecule has 4 atom stereocenters. The fourth-order valence-corrected chi connectivity index (χ4v) is 5.08. The molecule has 1 aliphatic carbocycles. The van der Waals surface area contributed by atoms with Crippen LogP contribution in [0.15, 0.2) is 24.3 Å². The molecule has 28 heavy (non-hydrogen) atoms. The molecule has 2 fully saturated rings. The van der Waals surface area contributed by atoms with E-state index in [0.29, 0.717) is 24.5 Å². The van der Waals surface area contributed by atoms with Gasteiger partial charge < -0.3 is 19.6 Å². The normalized spacial score (nSPS) is 27.9. The van der Waals surface area contributed by atoms with Crippen molar-refractivity contribution in [1.29, 1.82) is 0 Å². The number of halogens is 1. The second-order valence-corrected chi connectivity index (χ2v) is 9.71. The standard InChI is InChI=1S/C23H37ClN2O2/c1-17(2)22-8-7-18(3)13-23(22)28-16-21(27)15-25-9-11-26(12-10-25)20-6-4-5-19(24)14-20/h4-6,14,17-18,21-23,27H,7-13,15-16H2,1-3H3/p+1/t18-,21-,22-,23-/m1/s1. The van der Waals surface area contributed by atoms with Crippen LogP contribution in [0.25, 0.3) is 0 Å². The van der Waals surface area contributed by atoms with Crippen LogP contribution in [0.5, 0.6) is 0 Å². The highest BCUT2D eigenvalue weighted by Gasteiger charge is 2.32. The van der Waals surface area contributed by atoms with Crippen LogP contribution in [0.4, 0.5) is 5.69 Å². The lowest BCUT2D eigenvalue weighted by atomic mass is 9.75. The molecule has 1 aromatic rings. The molecular formula is C23H38ClN2O2+. The van der Waals surface area contributed by atoms with Gasteiger partial charge in [-0.1, -0.05) is 44.9 Å². The summed E-state index contributed by atoms with van der Waals surface area (Å²) in [6.45, 7) is 12.3. The lowest BCUT2D eigenvalue weighted by Crippen LogP contribution is -3.16. The molecule has 0 amide bonds. The number of aliphatic hydroxyl groups is 1. The molecule has 4 nitrogen and oxygen atoms in total. The fourth-order valence-electron chi connectivity index (χ4n) is 4.89. The van der Waals surface area contributed by atoms with Crippen molar-refractivity contribution in [2.45, 2.75) is 52.2 Å². The fraction of sp³-hybridized carbons (Fsp3) is 0.739. The monoisotopic (exact) mass is 409 g/mol. The molecule has 2 aliphatic rings. The average Bonchev–Trinajstić information content (AvgIpc) is 2.67. The van der Waals surface area contributed by atoms with Crippen LogP contribution in [0.1, 0.15) is 40.0 Å². The van der Waals surface area contributed by atoms with E-state index < -0.39 is 0 Å². The molecule has 5 heteroatoms. The zero-order valence-corrected chi connectivity index (χ0v) is 18.5. The van der Waals surface area contributed by atoms with Crippen LogP contribution >= 0.6 is 11.6 Å². The first-order chi connectivity index (χ1) is 13.4. The molecule has 0 radical (unpaired) electrons. The molecule has 158 valence electrons. The van der Waals surface area contributed by atoms with Crippen molar-refractivity contribution < 1.29 is 14.7 Å². The van der Waals surface area contributed by atoms with Gasteiger partial charge in [0.15, 0.2) is 0 Å². The third-order valence-corrected chi connectivity index (χ3v) is 6.87. The Hall–Kier alpha value is -0.810. The summed E-state index contributed by atoms with van der Waals surface area (Å²) in [6, 6.07) is 8.08. The van der Waals surface area contributed by atoms with Crippen molar-refractivity contribution in [3.05, 3.63) is 29.3 Å². The minimum Gasteiger partial charge on any atom is -0.385 e. The summed E-state index contributed by atoms with van der Waals surface area (Å²) in [4.78, 5) is 3.85. The molecule has 0 unspecified atom stereocenters. The topological polar surface area (TPSA) is 37.1 Å². The lowest BCUT2D eigenvalue weighted by Gasteiger charge is -2.38. The smallest absolute Gasteiger partial charge is 0.126 e. The van der Waals surface area contributed by atoms with E-state index in [9.17, 15) is 5.11 Å². The molecule has 1 aliphatic heterocycles. The quantitative estimate of drug-likeness (QED) is 0.727. The molecule has 0 spiro atoms. The van der Waals surface area contributed by atoms with Crippen LogP contribution in [-0.4, -0.2) is 56.6 Å². The maximum absolute atomic E-state index is 10.6. The number of nitrogens with zero attached hydrogens (tertiary/aromatic N) is 1. The van der Waals surface area contributed by atoms with Crippen molar-refractivity contribution in [1.82, 2.24) is 0 Å². The van der Waals surface area contributed by atoms with E-state index in [2.05, 4.69) is 31.7 Å². The van der Waals surface area contributed by atoms with Crippen LogP contribution in [0.3, 0.4) is 0 Å². The molecule has 1 heterocycles. The van der Waals surface area contributed by atoms with Gasteiger partial charge in [0.1, 0.15) is 12.6 Å². The van der Waals surface area contributed by atoms with Crippen LogP contribution in [-0.2, 0) is 4.74 Å². The van der Waals surface area contributed by atoms with Gasteiger partial charge in [0.2, 0.25) is 0 Å². The van der Waals surface area contributed by atoms with Gasteiger partial charge in [0, 0.05) is 10.7 Å². The van der Waals surface area contributed by atoms with Crippen molar-refractivity contribution in [2.24, 2.45) is 17.8 Å². The number of aliphatic hydroxyl groups excluding tert-OH is 1. The number of nitrogens with one attached hydrogen (secondary N) is 1. The first-order valence-corrected chi connectivity index (χ1v) is 11.4. The number of ether oxygens (including phenoxy) is 1. The molecule has 1 saturated heterocycles. The van der Waals surface area contributed by atoms with Gasteiger partial charge in [-0.3, -0.25) is 0 Å². The summed E-state index contributed by atoms with van der Waals surface area (Å²) in [6.07, 6.45) is 3.65. The second-order valence-electron chi connectivity index (χ2n) is 9.27. The highest BCUT2D eigenvalue weighted by Crippen LogP contribution is 2.35. The second kappa shape index (κ2) is 10.3. The van der Waals surface area contributed by atoms with E-state index in [1.54, 1.807) is 0 Å². The zero-order valence-electron chi connectivity index (χ0n) is 17.7. The Kier molecular flexibility index (Phi) is 8.04. The highest BCUT2D eigenvalue weighted by atomic mass is 35.5. The summed E-state index contributed by atoms with van der Waals surface area (Å²) in [5.74, 6) is 2.03. The van der Waals surface area contributed by atoms with Crippen LogP contribution in [0, 0.1) is 17.8 Å². The summed E-state index contributed by atoms with van der Waals surface area (Å²) in [7, 11) is 0. The Morgan fingerprint density at radius 2 is 2.00 bits per heavy atom. The average molecular weight is 410 g/mol. The van der Waals surface area contributed by atoms with E-state index in [-0.39, 0.29) is 6.10 Å². The van der Waals surface area contributed by atoms with E-state index >= 15 is 0 Å². The van der Waals surface area contributed by atoms with Gasteiger partial charge in [0.25, 0.3) is 0 Å². The molecule has 3 rings (SSSR count). The number of hydrogen-bond donors (Lipinski definition) is 2. The van der Waals surface area contributed by atoms with Crippen molar-refractivity contribution in [3.8, 4) is 0 Å². The first kappa shape index (κ1) is 21.9. The predicted octanol–water partition coefficient (Wildman–Crippen LogP) is 2.88. The largest absolute Gasteiger partial charge is 0.385 e. The van der Waals surface area contributed by atoms with Crippen molar-refractivity contribution in [3.63, 3.8) is 0 Å². The molecule has 1 aromatic carbocycles. The van der Waals surface area contributed by atoms with Gasteiger partial charge in [-0.25, -0.2) is 0 Å². The summed E-state index contributed by atoms with van der Waals surface area (Å²) in [5, 5.41) is 11.4. The number of rotatable bonds is 7. The number of hydrogen-bond acceptors (Lipinski definition) is 3. The third kappa shape index (κ3) is 6.09. The maximum atomic E-state index is 10.6. The molecular weight excluding hydrogens is 372 g/mol. The van der Waals surface area contributed by atoms with Crippen LogP contribution in [0.2, 0.25) is 5.02 Å². The Morgan fingerprint density at radius 3 is 2.68 bits per heavy atom. The van der Waals surface area contributed by atoms with E-state index in [1.807, 2.05) is 18.2 Å². The van der Waals surface area contributed by atoms with Gasteiger partial charge in [-0.2, -0.15) is 0 Å². The van der Waals surface area contributed by atoms with E-state index in [0.717, 1.165) is 50.1 Å². The van der Waals surface area contributed by atoms with Gasteiger partial charge >= 0.3 is 0 Å². The Balaban J connectivity index is 1.41. The van der Waals surface area contributed by atoms with Gasteiger partial charge in [-0.15, -0.1) is 0 Å². The van der Waals surface area contributed by atoms with Crippen LogP contribution < -0.4 is 9.80 Å². The first-order valence-electron chi connectivity index (χ1n) is 11.1. The molecule has 2 N–H and O–H groups in total. The Labute approximate surface area is 175 Å². The SMILES string of the molecule is CC(C)[C@H]1CC[C@@H](C)C[C@H]1OC[C@H](O)C[NH+]1CCN(c2cccc(Cl)c2)CC1. The summed E-state index contributed by atoms with van der Waals surface area (Å²) in [5.41, 5.74) is 1.20. The highest BCUT2D eigenvalue weighted by molar-refractivity contribution is 6.30. The molecule has 0 bridgehead atoms. The lowest BCUT2D eigenvalue weighted by molar-refractivity contribution is -0.903.